The molecule has 0 bridgehead atoms. The summed E-state index contributed by atoms with van der Waals surface area (Å²) < 4.78 is 0. The van der Waals surface area contributed by atoms with Gasteiger partial charge in [-0.25, -0.2) is 0 Å². The lowest BCUT2D eigenvalue weighted by Gasteiger charge is -2.33. The van der Waals surface area contributed by atoms with Crippen LogP contribution in [0.1, 0.15) is 56.7 Å². The molecule has 1 fully saturated rings. The molecule has 1 aliphatic heterocycles. The van der Waals surface area contributed by atoms with E-state index in [1.165, 1.54) is 11.1 Å². The van der Waals surface area contributed by atoms with Crippen molar-refractivity contribution < 1.29 is 9.90 Å². The van der Waals surface area contributed by atoms with Crippen molar-refractivity contribution in [2.75, 3.05) is 6.54 Å². The van der Waals surface area contributed by atoms with Crippen LogP contribution in [0.4, 0.5) is 0 Å². The molecule has 2 unspecified atom stereocenters. The van der Waals surface area contributed by atoms with E-state index in [-0.39, 0.29) is 12.1 Å². The first-order valence-electron chi connectivity index (χ1n) is 7.71. The van der Waals surface area contributed by atoms with Crippen molar-refractivity contribution in [1.82, 2.24) is 4.90 Å². The van der Waals surface area contributed by atoms with Crippen molar-refractivity contribution >= 4 is 5.97 Å². The smallest absolute Gasteiger partial charge is 0.320 e. The van der Waals surface area contributed by atoms with Crippen LogP contribution in [-0.2, 0) is 11.2 Å². The molecule has 1 N–H and O–H groups in total. The fourth-order valence-electron chi connectivity index (χ4n) is 3.08. The van der Waals surface area contributed by atoms with Gasteiger partial charge in [-0.15, -0.1) is 0 Å². The summed E-state index contributed by atoms with van der Waals surface area (Å²) in [5.41, 5.74) is 2.54. The summed E-state index contributed by atoms with van der Waals surface area (Å²) in [7, 11) is 0. The molecular weight excluding hydrogens is 250 g/mol. The topological polar surface area (TPSA) is 40.5 Å². The Morgan fingerprint density at radius 3 is 2.60 bits per heavy atom. The summed E-state index contributed by atoms with van der Waals surface area (Å²) in [6.45, 7) is 5.16. The third-order valence-electron chi connectivity index (χ3n) is 4.45. The second-order valence-electron chi connectivity index (χ2n) is 5.71. The van der Waals surface area contributed by atoms with E-state index < -0.39 is 5.97 Å². The number of carboxylic acids is 1. The first-order valence-corrected chi connectivity index (χ1v) is 7.71. The highest BCUT2D eigenvalue weighted by atomic mass is 16.4. The van der Waals surface area contributed by atoms with Gasteiger partial charge in [-0.2, -0.15) is 0 Å². The second-order valence-corrected chi connectivity index (χ2v) is 5.71. The number of carbonyl (C=O) groups is 1. The molecule has 20 heavy (non-hydrogen) atoms. The van der Waals surface area contributed by atoms with Gasteiger partial charge in [0.1, 0.15) is 6.04 Å². The number of likely N-dealkylation sites (tertiary alicyclic amines) is 1. The number of carboxylic acid groups (broad SMARTS) is 1. The maximum absolute atomic E-state index is 11.5. The van der Waals surface area contributed by atoms with Gasteiger partial charge in [0.25, 0.3) is 0 Å². The van der Waals surface area contributed by atoms with Crippen LogP contribution in [0.3, 0.4) is 0 Å². The van der Waals surface area contributed by atoms with Gasteiger partial charge in [-0.3, -0.25) is 9.69 Å². The van der Waals surface area contributed by atoms with Crippen LogP contribution >= 0.6 is 0 Å². The van der Waals surface area contributed by atoms with Crippen LogP contribution in [-0.4, -0.2) is 28.6 Å². The van der Waals surface area contributed by atoms with Crippen LogP contribution < -0.4 is 0 Å². The Hall–Kier alpha value is -1.35. The largest absolute Gasteiger partial charge is 0.480 e. The lowest BCUT2D eigenvalue weighted by molar-refractivity contribution is -0.144. The summed E-state index contributed by atoms with van der Waals surface area (Å²) >= 11 is 0. The zero-order chi connectivity index (χ0) is 14.5. The maximum Gasteiger partial charge on any atom is 0.320 e. The lowest BCUT2D eigenvalue weighted by atomic mass is 10.0. The third kappa shape index (κ3) is 3.40. The van der Waals surface area contributed by atoms with Crippen LogP contribution in [0.2, 0.25) is 0 Å². The average molecular weight is 275 g/mol. The first kappa shape index (κ1) is 15.0. The minimum absolute atomic E-state index is 0.167. The van der Waals surface area contributed by atoms with E-state index in [1.807, 2.05) is 0 Å². The number of aliphatic carboxylic acids is 1. The fourth-order valence-corrected chi connectivity index (χ4v) is 3.08. The van der Waals surface area contributed by atoms with Gasteiger partial charge in [-0.05, 0) is 43.9 Å². The van der Waals surface area contributed by atoms with Gasteiger partial charge >= 0.3 is 5.97 Å². The van der Waals surface area contributed by atoms with Crippen LogP contribution in [0.15, 0.2) is 24.3 Å². The van der Waals surface area contributed by atoms with E-state index in [0.29, 0.717) is 0 Å². The molecule has 1 heterocycles. The minimum atomic E-state index is -0.677. The van der Waals surface area contributed by atoms with Crippen LogP contribution in [0.25, 0.3) is 0 Å². The number of hydrogen-bond acceptors (Lipinski definition) is 2. The normalized spacial score (nSPS) is 22.2. The Kier molecular flexibility index (Phi) is 5.18. The molecular formula is C17H25NO2. The molecule has 0 spiro atoms. The predicted molar refractivity (Wildman–Crippen MR) is 80.8 cm³/mol. The van der Waals surface area contributed by atoms with Gasteiger partial charge in [0, 0.05) is 6.04 Å². The number of rotatable bonds is 4. The zero-order valence-electron chi connectivity index (χ0n) is 12.5. The zero-order valence-corrected chi connectivity index (χ0v) is 12.5. The molecule has 1 saturated heterocycles. The van der Waals surface area contributed by atoms with E-state index >= 15 is 0 Å². The molecule has 0 aliphatic carbocycles. The summed E-state index contributed by atoms with van der Waals surface area (Å²) in [6.07, 6.45) is 5.07. The van der Waals surface area contributed by atoms with Crippen LogP contribution in [0, 0.1) is 0 Å². The number of hydrogen-bond donors (Lipinski definition) is 1. The van der Waals surface area contributed by atoms with Gasteiger partial charge in [0.05, 0.1) is 0 Å². The van der Waals surface area contributed by atoms with Crippen molar-refractivity contribution in [3.63, 3.8) is 0 Å². The highest BCUT2D eigenvalue weighted by Crippen LogP contribution is 2.28. The van der Waals surface area contributed by atoms with Crippen molar-refractivity contribution in [3.8, 4) is 0 Å². The fraction of sp³-hybridized carbons (Fsp3) is 0.588. The highest BCUT2D eigenvalue weighted by molar-refractivity contribution is 5.73. The van der Waals surface area contributed by atoms with Crippen molar-refractivity contribution in [2.45, 2.75) is 58.0 Å². The van der Waals surface area contributed by atoms with Gasteiger partial charge in [0.2, 0.25) is 0 Å². The Bertz CT molecular complexity index is 441. The predicted octanol–water partition coefficient (Wildman–Crippen LogP) is 3.64. The molecule has 2 rings (SSSR count). The Morgan fingerprint density at radius 2 is 2.00 bits per heavy atom. The van der Waals surface area contributed by atoms with Gasteiger partial charge in [-0.1, -0.05) is 44.0 Å². The molecule has 3 heteroatoms. The summed E-state index contributed by atoms with van der Waals surface area (Å²) in [5.74, 6) is -0.677. The van der Waals surface area contributed by atoms with Gasteiger partial charge < -0.3 is 5.11 Å². The molecule has 0 amide bonds. The first-order chi connectivity index (χ1) is 9.63. The van der Waals surface area contributed by atoms with Crippen molar-refractivity contribution in [1.29, 1.82) is 0 Å². The summed E-state index contributed by atoms with van der Waals surface area (Å²) in [6, 6.07) is 8.43. The number of aryl methyl sites for hydroxylation is 1. The standard InChI is InChI=1S/C17H25NO2/c1-3-14-8-10-15(11-9-14)13(2)18-12-6-4-5-7-16(18)17(19)20/h8-11,13,16H,3-7,12H2,1-2H3,(H,19,20). The van der Waals surface area contributed by atoms with E-state index in [2.05, 4.69) is 43.0 Å². The monoisotopic (exact) mass is 275 g/mol. The maximum atomic E-state index is 11.5. The summed E-state index contributed by atoms with van der Waals surface area (Å²) in [5, 5.41) is 9.47. The lowest BCUT2D eigenvalue weighted by Crippen LogP contribution is -2.42. The molecule has 1 aromatic rings. The Morgan fingerprint density at radius 1 is 1.30 bits per heavy atom. The molecule has 1 aromatic carbocycles. The Balaban J connectivity index is 2.18. The molecule has 0 radical (unpaired) electrons. The number of nitrogens with zero attached hydrogens (tertiary/aromatic N) is 1. The van der Waals surface area contributed by atoms with Crippen molar-refractivity contribution in [2.24, 2.45) is 0 Å². The SMILES string of the molecule is CCc1ccc(C(C)N2CCCCCC2C(=O)O)cc1. The minimum Gasteiger partial charge on any atom is -0.480 e. The third-order valence-corrected chi connectivity index (χ3v) is 4.45. The molecule has 110 valence electrons. The average Bonchev–Trinajstić information content (AvgIpc) is 2.72. The van der Waals surface area contributed by atoms with E-state index in [0.717, 1.165) is 38.6 Å². The molecule has 0 saturated carbocycles. The molecule has 0 aromatic heterocycles. The highest BCUT2D eigenvalue weighted by Gasteiger charge is 2.30. The van der Waals surface area contributed by atoms with Crippen LogP contribution in [0.5, 0.6) is 0 Å². The molecule has 3 nitrogen and oxygen atoms in total. The van der Waals surface area contributed by atoms with E-state index in [1.54, 1.807) is 0 Å². The van der Waals surface area contributed by atoms with E-state index in [9.17, 15) is 9.90 Å². The Labute approximate surface area is 121 Å². The second kappa shape index (κ2) is 6.89. The van der Waals surface area contributed by atoms with E-state index in [4.69, 9.17) is 0 Å². The molecule has 2 atom stereocenters. The van der Waals surface area contributed by atoms with Gasteiger partial charge in [0.15, 0.2) is 0 Å². The van der Waals surface area contributed by atoms with Crippen molar-refractivity contribution in [3.05, 3.63) is 35.4 Å². The summed E-state index contributed by atoms with van der Waals surface area (Å²) in [4.78, 5) is 13.7. The number of benzene rings is 1. The quantitative estimate of drug-likeness (QED) is 0.912. The molecule has 1 aliphatic rings.